The number of fused-ring (bicyclic) bond motifs is 3. The molecule has 0 aliphatic carbocycles. The largest absolute Gasteiger partial charge is 0.445 e. The zero-order valence-corrected chi connectivity index (χ0v) is 16.7. The molecule has 0 saturated carbocycles. The zero-order valence-electron chi connectivity index (χ0n) is 16.7. The Bertz CT molecular complexity index is 1330. The summed E-state index contributed by atoms with van der Waals surface area (Å²) in [5, 5.41) is 4.38. The molecular weight excluding hydrogens is 398 g/mol. The van der Waals surface area contributed by atoms with Gasteiger partial charge >= 0.3 is 17.7 Å². The molecule has 31 heavy (non-hydrogen) atoms. The van der Waals surface area contributed by atoms with E-state index in [-0.39, 0.29) is 18.9 Å². The van der Waals surface area contributed by atoms with Crippen LogP contribution in [-0.4, -0.2) is 18.6 Å². The Morgan fingerprint density at radius 3 is 2.45 bits per heavy atom. The van der Waals surface area contributed by atoms with Gasteiger partial charge in [0.25, 0.3) is 0 Å². The van der Waals surface area contributed by atoms with Gasteiger partial charge in [0, 0.05) is 16.8 Å². The zero-order chi connectivity index (χ0) is 21.8. The molecule has 0 fully saturated rings. The Hall–Kier alpha value is -4.13. The number of aryl methyl sites for hydroxylation is 1. The van der Waals surface area contributed by atoms with E-state index in [4.69, 9.17) is 13.9 Å². The van der Waals surface area contributed by atoms with Crippen LogP contribution in [0.5, 0.6) is 5.75 Å². The van der Waals surface area contributed by atoms with Gasteiger partial charge in [-0.3, -0.25) is 0 Å². The number of hydrogen-bond donors (Lipinski definition) is 1. The minimum Gasteiger partial charge on any atom is -0.445 e. The minimum atomic E-state index is -0.729. The first kappa shape index (κ1) is 20.2. The molecule has 7 heteroatoms. The molecule has 0 saturated heterocycles. The number of carbonyl (C=O) groups is 2. The predicted molar refractivity (Wildman–Crippen MR) is 115 cm³/mol. The summed E-state index contributed by atoms with van der Waals surface area (Å²) < 4.78 is 15.8. The van der Waals surface area contributed by atoms with Gasteiger partial charge in [0.15, 0.2) is 0 Å². The van der Waals surface area contributed by atoms with Crippen molar-refractivity contribution in [1.29, 1.82) is 0 Å². The Morgan fingerprint density at radius 2 is 1.68 bits per heavy atom. The second kappa shape index (κ2) is 8.71. The maximum atomic E-state index is 12.2. The molecule has 3 aromatic carbocycles. The molecule has 0 aliphatic heterocycles. The van der Waals surface area contributed by atoms with Crippen LogP contribution in [0, 0.1) is 6.92 Å². The van der Waals surface area contributed by atoms with Crippen LogP contribution in [0.1, 0.15) is 11.1 Å². The van der Waals surface area contributed by atoms with E-state index in [1.54, 1.807) is 18.2 Å². The average Bonchev–Trinajstić information content (AvgIpc) is 2.77. The summed E-state index contributed by atoms with van der Waals surface area (Å²) in [5.74, 6) is -0.466. The van der Waals surface area contributed by atoms with Gasteiger partial charge in [-0.2, -0.15) is 0 Å². The maximum Gasteiger partial charge on any atom is 0.407 e. The first-order valence-electron chi connectivity index (χ1n) is 9.63. The Balaban J connectivity index is 1.42. The lowest BCUT2D eigenvalue weighted by Crippen LogP contribution is -2.32. The molecular formula is C24H19NO6. The van der Waals surface area contributed by atoms with Crippen molar-refractivity contribution >= 4 is 33.8 Å². The van der Waals surface area contributed by atoms with Gasteiger partial charge in [0.1, 0.15) is 24.5 Å². The Labute approximate surface area is 177 Å². The molecule has 0 aliphatic rings. The number of hydrogen-bond acceptors (Lipinski definition) is 6. The summed E-state index contributed by atoms with van der Waals surface area (Å²) in [6, 6.07) is 19.5. The summed E-state index contributed by atoms with van der Waals surface area (Å²) >= 11 is 0. The van der Waals surface area contributed by atoms with Crippen molar-refractivity contribution in [2.75, 3.05) is 6.54 Å². The number of benzene rings is 3. The van der Waals surface area contributed by atoms with Crippen molar-refractivity contribution in [3.05, 3.63) is 88.3 Å². The highest BCUT2D eigenvalue weighted by Gasteiger charge is 2.14. The molecule has 1 aromatic heterocycles. The van der Waals surface area contributed by atoms with Crippen LogP contribution in [0.4, 0.5) is 4.79 Å². The number of carbonyl (C=O) groups excluding carboxylic acids is 2. The van der Waals surface area contributed by atoms with Crippen molar-refractivity contribution in [3.8, 4) is 5.75 Å². The van der Waals surface area contributed by atoms with E-state index in [1.807, 2.05) is 49.4 Å². The van der Waals surface area contributed by atoms with Gasteiger partial charge < -0.3 is 19.2 Å². The van der Waals surface area contributed by atoms with E-state index in [2.05, 4.69) is 5.32 Å². The minimum absolute atomic E-state index is 0.0958. The van der Waals surface area contributed by atoms with Crippen LogP contribution in [-0.2, 0) is 16.1 Å². The van der Waals surface area contributed by atoms with Gasteiger partial charge in [-0.1, -0.05) is 48.5 Å². The van der Waals surface area contributed by atoms with Crippen molar-refractivity contribution in [2.45, 2.75) is 13.5 Å². The lowest BCUT2D eigenvalue weighted by atomic mass is 10.0. The predicted octanol–water partition coefficient (Wildman–Crippen LogP) is 4.09. The highest BCUT2D eigenvalue weighted by Crippen LogP contribution is 2.29. The number of ether oxygens (including phenoxy) is 2. The number of rotatable bonds is 5. The fraction of sp³-hybridized carbons (Fsp3) is 0.125. The van der Waals surface area contributed by atoms with E-state index in [0.29, 0.717) is 11.0 Å². The second-order valence-corrected chi connectivity index (χ2v) is 6.94. The fourth-order valence-corrected chi connectivity index (χ4v) is 3.33. The molecule has 1 amide bonds. The monoisotopic (exact) mass is 417 g/mol. The third-order valence-electron chi connectivity index (χ3n) is 4.71. The van der Waals surface area contributed by atoms with Crippen LogP contribution >= 0.6 is 0 Å². The maximum absolute atomic E-state index is 12.2. The summed E-state index contributed by atoms with van der Waals surface area (Å²) in [7, 11) is 0. The molecule has 1 heterocycles. The number of esters is 1. The standard InChI is InChI=1S/C24H19NO6/c1-15-11-17(12-20-22(15)18-9-5-6-10-19(18)23(27)31-20)30-21(26)13-25-24(28)29-14-16-7-3-2-4-8-16/h2-12H,13-14H2,1H3,(H,25,28). The molecule has 4 aromatic rings. The first-order valence-corrected chi connectivity index (χ1v) is 9.63. The molecule has 0 atom stereocenters. The molecule has 0 spiro atoms. The smallest absolute Gasteiger partial charge is 0.407 e. The van der Waals surface area contributed by atoms with E-state index >= 15 is 0 Å². The highest BCUT2D eigenvalue weighted by atomic mass is 16.6. The van der Waals surface area contributed by atoms with E-state index in [1.165, 1.54) is 6.07 Å². The summed E-state index contributed by atoms with van der Waals surface area (Å²) in [4.78, 5) is 36.1. The van der Waals surface area contributed by atoms with Gasteiger partial charge in [0.05, 0.1) is 5.39 Å². The lowest BCUT2D eigenvalue weighted by molar-refractivity contribution is -0.133. The molecule has 1 N–H and O–H groups in total. The van der Waals surface area contributed by atoms with Crippen LogP contribution < -0.4 is 15.7 Å². The third kappa shape index (κ3) is 4.56. The van der Waals surface area contributed by atoms with Crippen molar-refractivity contribution in [1.82, 2.24) is 5.32 Å². The summed E-state index contributed by atoms with van der Waals surface area (Å²) in [5.41, 5.74) is 1.48. The SMILES string of the molecule is Cc1cc(OC(=O)CNC(=O)OCc2ccccc2)cc2oc(=O)c3ccccc3c12. The highest BCUT2D eigenvalue weighted by molar-refractivity contribution is 6.06. The van der Waals surface area contributed by atoms with Gasteiger partial charge in [-0.25, -0.2) is 14.4 Å². The van der Waals surface area contributed by atoms with E-state index < -0.39 is 17.7 Å². The third-order valence-corrected chi connectivity index (χ3v) is 4.71. The van der Waals surface area contributed by atoms with Crippen molar-refractivity contribution < 1.29 is 23.5 Å². The van der Waals surface area contributed by atoms with Crippen LogP contribution in [0.3, 0.4) is 0 Å². The summed E-state index contributed by atoms with van der Waals surface area (Å²) in [6.07, 6.45) is -0.729. The number of nitrogens with one attached hydrogen (secondary N) is 1. The molecule has 0 radical (unpaired) electrons. The van der Waals surface area contributed by atoms with Gasteiger partial charge in [0.2, 0.25) is 0 Å². The van der Waals surface area contributed by atoms with E-state index in [0.717, 1.165) is 21.9 Å². The second-order valence-electron chi connectivity index (χ2n) is 6.94. The van der Waals surface area contributed by atoms with Gasteiger partial charge in [-0.05, 0) is 30.2 Å². The lowest BCUT2D eigenvalue weighted by Gasteiger charge is -2.10. The molecule has 0 bridgehead atoms. The first-order chi connectivity index (χ1) is 15.0. The molecule has 7 nitrogen and oxygen atoms in total. The normalized spacial score (nSPS) is 10.7. The average molecular weight is 417 g/mol. The quantitative estimate of drug-likeness (QED) is 0.228. The number of alkyl carbamates (subject to hydrolysis) is 1. The van der Waals surface area contributed by atoms with Crippen LogP contribution in [0.2, 0.25) is 0 Å². The topological polar surface area (TPSA) is 94.8 Å². The molecule has 4 rings (SSSR count). The number of amides is 1. The van der Waals surface area contributed by atoms with Crippen LogP contribution in [0.15, 0.2) is 75.9 Å². The van der Waals surface area contributed by atoms with Crippen molar-refractivity contribution in [2.24, 2.45) is 0 Å². The van der Waals surface area contributed by atoms with Gasteiger partial charge in [-0.15, -0.1) is 0 Å². The van der Waals surface area contributed by atoms with Crippen LogP contribution in [0.25, 0.3) is 21.7 Å². The Morgan fingerprint density at radius 1 is 0.968 bits per heavy atom. The molecule has 0 unspecified atom stereocenters. The van der Waals surface area contributed by atoms with Crippen molar-refractivity contribution in [3.63, 3.8) is 0 Å². The molecule has 156 valence electrons. The summed E-state index contributed by atoms with van der Waals surface area (Å²) in [6.45, 7) is 1.57. The van der Waals surface area contributed by atoms with E-state index in [9.17, 15) is 14.4 Å². The Kier molecular flexibility index (Phi) is 5.66. The fourth-order valence-electron chi connectivity index (χ4n) is 3.33.